The van der Waals surface area contributed by atoms with E-state index in [4.69, 9.17) is 10.5 Å². The lowest BCUT2D eigenvalue weighted by atomic mass is 10.0. The molecule has 1 unspecified atom stereocenters. The van der Waals surface area contributed by atoms with E-state index >= 15 is 0 Å². The van der Waals surface area contributed by atoms with E-state index in [2.05, 4.69) is 21.2 Å². The molecule has 0 aromatic rings. The van der Waals surface area contributed by atoms with Crippen molar-refractivity contribution in [2.75, 3.05) is 7.11 Å². The number of methoxy groups -OCH3 is 1. The molecule has 0 radical (unpaired) electrons. The Balaban J connectivity index is 3.17. The van der Waals surface area contributed by atoms with E-state index in [1.165, 1.54) is 7.11 Å². The van der Waals surface area contributed by atoms with Crippen molar-refractivity contribution in [1.82, 2.24) is 5.32 Å². The fourth-order valence-electron chi connectivity index (χ4n) is 1.17. The number of rotatable bonds is 2. The number of halogens is 1. The van der Waals surface area contributed by atoms with E-state index < -0.39 is 11.6 Å². The van der Waals surface area contributed by atoms with E-state index in [0.717, 1.165) is 0 Å². The van der Waals surface area contributed by atoms with Crippen molar-refractivity contribution in [2.45, 2.75) is 12.6 Å². The second-order valence-electron chi connectivity index (χ2n) is 2.80. The van der Waals surface area contributed by atoms with E-state index in [1.54, 1.807) is 19.2 Å². The van der Waals surface area contributed by atoms with Crippen LogP contribution in [0.2, 0.25) is 0 Å². The Morgan fingerprint density at radius 1 is 1.77 bits per heavy atom. The van der Waals surface area contributed by atoms with Crippen LogP contribution in [0.25, 0.3) is 0 Å². The number of ether oxygens (including phenoxy) is 1. The summed E-state index contributed by atoms with van der Waals surface area (Å²) in [7, 11) is 1.51. The molecule has 1 amide bonds. The third kappa shape index (κ3) is 1.76. The van der Waals surface area contributed by atoms with E-state index in [1.807, 2.05) is 0 Å². The van der Waals surface area contributed by atoms with E-state index in [0.29, 0.717) is 10.1 Å². The summed E-state index contributed by atoms with van der Waals surface area (Å²) >= 11 is 3.24. The average Bonchev–Trinajstić information content (AvgIpc) is 2.03. The molecule has 0 saturated heterocycles. The van der Waals surface area contributed by atoms with Gasteiger partial charge in [0.25, 0.3) is 5.91 Å². The molecule has 3 N–H and O–H groups in total. The highest BCUT2D eigenvalue weighted by atomic mass is 79.9. The van der Waals surface area contributed by atoms with Crippen LogP contribution in [0.1, 0.15) is 6.92 Å². The van der Waals surface area contributed by atoms with Crippen LogP contribution in [0.15, 0.2) is 22.3 Å². The number of nitrogens with one attached hydrogen (secondary N) is 1. The van der Waals surface area contributed by atoms with Gasteiger partial charge in [0.2, 0.25) is 0 Å². The van der Waals surface area contributed by atoms with Crippen molar-refractivity contribution in [2.24, 2.45) is 5.73 Å². The third-order valence-electron chi connectivity index (χ3n) is 1.96. The number of primary amides is 1. The Kier molecular flexibility index (Phi) is 2.77. The summed E-state index contributed by atoms with van der Waals surface area (Å²) in [6.07, 6.45) is 3.40. The monoisotopic (exact) mass is 246 g/mol. The highest BCUT2D eigenvalue weighted by molar-refractivity contribution is 9.12. The van der Waals surface area contributed by atoms with Crippen LogP contribution in [0, 0.1) is 0 Å². The Labute approximate surface area is 84.9 Å². The molecule has 1 aliphatic rings. The maximum Gasteiger partial charge on any atom is 0.250 e. The van der Waals surface area contributed by atoms with Crippen LogP contribution >= 0.6 is 15.9 Å². The zero-order valence-corrected chi connectivity index (χ0v) is 9.01. The quantitative estimate of drug-likeness (QED) is 0.751. The molecule has 0 aromatic heterocycles. The van der Waals surface area contributed by atoms with Crippen molar-refractivity contribution in [3.05, 3.63) is 22.3 Å². The maximum atomic E-state index is 11.1. The van der Waals surface area contributed by atoms with Crippen molar-refractivity contribution in [1.29, 1.82) is 0 Å². The van der Waals surface area contributed by atoms with Crippen molar-refractivity contribution >= 4 is 21.8 Å². The molecule has 0 aliphatic carbocycles. The summed E-state index contributed by atoms with van der Waals surface area (Å²) in [5, 5.41) is 2.92. The normalized spacial score (nSPS) is 27.3. The Morgan fingerprint density at radius 3 is 2.77 bits per heavy atom. The zero-order valence-electron chi connectivity index (χ0n) is 7.43. The first kappa shape index (κ1) is 10.3. The number of carbonyl (C=O) groups excluding carboxylic acids is 1. The van der Waals surface area contributed by atoms with E-state index in [9.17, 15) is 4.79 Å². The Bertz CT molecular complexity index is 299. The van der Waals surface area contributed by atoms with Gasteiger partial charge in [0, 0.05) is 17.8 Å². The zero-order chi connectivity index (χ0) is 10.1. The van der Waals surface area contributed by atoms with Crippen molar-refractivity contribution < 1.29 is 9.53 Å². The largest absolute Gasteiger partial charge is 0.366 e. The minimum Gasteiger partial charge on any atom is -0.366 e. The van der Waals surface area contributed by atoms with Gasteiger partial charge in [-0.2, -0.15) is 0 Å². The molecule has 4 nitrogen and oxygen atoms in total. The second kappa shape index (κ2) is 3.51. The molecule has 0 saturated carbocycles. The lowest BCUT2D eigenvalue weighted by Gasteiger charge is -2.32. The number of hydrogen-bond donors (Lipinski definition) is 2. The average molecular weight is 247 g/mol. The van der Waals surface area contributed by atoms with Gasteiger partial charge in [-0.3, -0.25) is 4.79 Å². The van der Waals surface area contributed by atoms with Gasteiger partial charge >= 0.3 is 0 Å². The topological polar surface area (TPSA) is 64.3 Å². The molecular formula is C8H11BrN2O2. The predicted octanol–water partition coefficient (Wildman–Crippen LogP) is 0.600. The SMILES string of the molecule is COC1(C)NC=CC(Br)=C1C(N)=O. The molecule has 0 spiro atoms. The van der Waals surface area contributed by atoms with Crippen molar-refractivity contribution in [3.63, 3.8) is 0 Å². The fraction of sp³-hybridized carbons (Fsp3) is 0.375. The standard InChI is InChI=1S/C8H11BrN2O2/c1-8(13-2)6(7(10)12)5(9)3-4-11-8/h3-4,11H,1-2H3,(H2,10,12). The molecule has 13 heavy (non-hydrogen) atoms. The van der Waals surface area contributed by atoms with Gasteiger partial charge in [-0.15, -0.1) is 0 Å². The van der Waals surface area contributed by atoms with Gasteiger partial charge < -0.3 is 15.8 Å². The molecule has 72 valence electrons. The summed E-state index contributed by atoms with van der Waals surface area (Å²) < 4.78 is 5.81. The lowest BCUT2D eigenvalue weighted by Crippen LogP contribution is -2.48. The summed E-state index contributed by atoms with van der Waals surface area (Å²) in [5.41, 5.74) is 4.77. The molecule has 5 heteroatoms. The van der Waals surface area contributed by atoms with Crippen LogP contribution in [-0.2, 0) is 9.53 Å². The molecule has 0 fully saturated rings. The predicted molar refractivity (Wildman–Crippen MR) is 52.8 cm³/mol. The number of carbonyl (C=O) groups is 1. The number of hydrogen-bond acceptors (Lipinski definition) is 3. The number of dihydropyridines is 1. The smallest absolute Gasteiger partial charge is 0.250 e. The van der Waals surface area contributed by atoms with Gasteiger partial charge in [0.1, 0.15) is 0 Å². The third-order valence-corrected chi connectivity index (χ3v) is 2.62. The van der Waals surface area contributed by atoms with Crippen LogP contribution in [0.5, 0.6) is 0 Å². The molecule has 1 rings (SSSR count). The summed E-state index contributed by atoms with van der Waals surface area (Å²) in [6.45, 7) is 1.73. The first-order chi connectivity index (χ1) is 6.01. The lowest BCUT2D eigenvalue weighted by molar-refractivity contribution is -0.117. The second-order valence-corrected chi connectivity index (χ2v) is 3.66. The minimum absolute atomic E-state index is 0.387. The van der Waals surface area contributed by atoms with Crippen LogP contribution in [0.4, 0.5) is 0 Å². The van der Waals surface area contributed by atoms with Gasteiger partial charge in [-0.25, -0.2) is 0 Å². The summed E-state index contributed by atoms with van der Waals surface area (Å²) in [6, 6.07) is 0. The Hall–Kier alpha value is -0.810. The first-order valence-electron chi connectivity index (χ1n) is 3.70. The van der Waals surface area contributed by atoms with E-state index in [-0.39, 0.29) is 0 Å². The number of amides is 1. The van der Waals surface area contributed by atoms with Gasteiger partial charge in [0.05, 0.1) is 5.57 Å². The minimum atomic E-state index is -0.848. The Morgan fingerprint density at radius 2 is 2.38 bits per heavy atom. The molecule has 1 aliphatic heterocycles. The van der Waals surface area contributed by atoms with Crippen molar-refractivity contribution in [3.8, 4) is 0 Å². The fourth-order valence-corrected chi connectivity index (χ4v) is 1.88. The molecule has 1 atom stereocenters. The molecular weight excluding hydrogens is 236 g/mol. The molecule has 1 heterocycles. The summed E-state index contributed by atoms with van der Waals surface area (Å²) in [4.78, 5) is 11.1. The first-order valence-corrected chi connectivity index (χ1v) is 4.50. The summed E-state index contributed by atoms with van der Waals surface area (Å²) in [5.74, 6) is -0.506. The highest BCUT2D eigenvalue weighted by Crippen LogP contribution is 2.28. The van der Waals surface area contributed by atoms with Gasteiger partial charge in [-0.1, -0.05) is 15.9 Å². The molecule has 0 bridgehead atoms. The highest BCUT2D eigenvalue weighted by Gasteiger charge is 2.35. The number of nitrogens with two attached hydrogens (primary N) is 1. The number of allylic oxidation sites excluding steroid dienone is 2. The van der Waals surface area contributed by atoms with Gasteiger partial charge in [-0.05, 0) is 13.0 Å². The van der Waals surface area contributed by atoms with Crippen LogP contribution in [0.3, 0.4) is 0 Å². The van der Waals surface area contributed by atoms with Crippen LogP contribution in [-0.4, -0.2) is 18.7 Å². The maximum absolute atomic E-state index is 11.1. The van der Waals surface area contributed by atoms with Gasteiger partial charge in [0.15, 0.2) is 5.72 Å². The van der Waals surface area contributed by atoms with Crippen LogP contribution < -0.4 is 11.1 Å². The molecule has 0 aromatic carbocycles.